The summed E-state index contributed by atoms with van der Waals surface area (Å²) in [4.78, 5) is 11.7. The third kappa shape index (κ3) is 1.16. The van der Waals surface area contributed by atoms with Gasteiger partial charge in [-0.1, -0.05) is 24.3 Å². The Bertz CT molecular complexity index is 606. The molecule has 0 spiro atoms. The van der Waals surface area contributed by atoms with Crippen LogP contribution in [0.3, 0.4) is 0 Å². The SMILES string of the molecule is O=C1OC(Br)c2cc(O)c3ccccc3c21. The molecule has 1 N–H and O–H groups in total. The van der Waals surface area contributed by atoms with E-state index in [-0.39, 0.29) is 11.7 Å². The van der Waals surface area contributed by atoms with E-state index >= 15 is 0 Å². The van der Waals surface area contributed by atoms with Crippen LogP contribution in [0.2, 0.25) is 0 Å². The van der Waals surface area contributed by atoms with E-state index in [0.29, 0.717) is 16.5 Å². The molecule has 1 heterocycles. The van der Waals surface area contributed by atoms with Crippen molar-refractivity contribution < 1.29 is 14.6 Å². The molecule has 4 heteroatoms. The van der Waals surface area contributed by atoms with Gasteiger partial charge in [0, 0.05) is 16.3 Å². The van der Waals surface area contributed by atoms with Crippen LogP contribution in [0.5, 0.6) is 5.75 Å². The Morgan fingerprint density at radius 1 is 1.25 bits per heavy atom. The molecule has 0 amide bonds. The Morgan fingerprint density at radius 2 is 1.94 bits per heavy atom. The highest BCUT2D eigenvalue weighted by molar-refractivity contribution is 9.09. The van der Waals surface area contributed by atoms with Crippen LogP contribution in [0.25, 0.3) is 10.8 Å². The first kappa shape index (κ1) is 9.66. The minimum atomic E-state index is -0.467. The van der Waals surface area contributed by atoms with Crippen molar-refractivity contribution in [3.05, 3.63) is 41.5 Å². The zero-order valence-electron chi connectivity index (χ0n) is 8.11. The molecule has 80 valence electrons. The van der Waals surface area contributed by atoms with Gasteiger partial charge in [0.1, 0.15) is 5.75 Å². The number of carbonyl (C=O) groups is 1. The minimum Gasteiger partial charge on any atom is -0.507 e. The highest BCUT2D eigenvalue weighted by Gasteiger charge is 2.31. The lowest BCUT2D eigenvalue weighted by atomic mass is 10.00. The maximum Gasteiger partial charge on any atom is 0.340 e. The Labute approximate surface area is 99.8 Å². The average Bonchev–Trinajstić information content (AvgIpc) is 2.55. The number of phenols is 1. The topological polar surface area (TPSA) is 46.5 Å². The fraction of sp³-hybridized carbons (Fsp3) is 0.0833. The van der Waals surface area contributed by atoms with Gasteiger partial charge in [-0.05, 0) is 22.0 Å². The Hall–Kier alpha value is -1.55. The van der Waals surface area contributed by atoms with Crippen molar-refractivity contribution in [2.75, 3.05) is 0 Å². The molecule has 1 atom stereocenters. The van der Waals surface area contributed by atoms with Crippen molar-refractivity contribution in [3.63, 3.8) is 0 Å². The number of phenolic OH excluding ortho intramolecular Hbond substituents is 1. The lowest BCUT2D eigenvalue weighted by Crippen LogP contribution is -1.95. The number of fused-ring (bicyclic) bond motifs is 3. The Kier molecular flexibility index (Phi) is 1.94. The van der Waals surface area contributed by atoms with E-state index in [1.165, 1.54) is 0 Å². The second kappa shape index (κ2) is 3.22. The number of cyclic esters (lactones) is 1. The molecule has 0 saturated heterocycles. The van der Waals surface area contributed by atoms with Gasteiger partial charge < -0.3 is 9.84 Å². The molecule has 3 rings (SSSR count). The van der Waals surface area contributed by atoms with Crippen LogP contribution < -0.4 is 0 Å². The predicted octanol–water partition coefficient (Wildman–Crippen LogP) is 3.11. The van der Waals surface area contributed by atoms with E-state index in [9.17, 15) is 9.90 Å². The number of rotatable bonds is 0. The number of ether oxygens (including phenoxy) is 1. The highest BCUT2D eigenvalue weighted by atomic mass is 79.9. The smallest absolute Gasteiger partial charge is 0.340 e. The molecule has 1 aliphatic heterocycles. The molecule has 0 saturated carbocycles. The maximum atomic E-state index is 11.7. The second-order valence-electron chi connectivity index (χ2n) is 3.63. The second-order valence-corrected chi connectivity index (χ2v) is 4.46. The summed E-state index contributed by atoms with van der Waals surface area (Å²) in [5, 5.41) is 10.8. The number of hydrogen-bond donors (Lipinski definition) is 1. The monoisotopic (exact) mass is 278 g/mol. The summed E-state index contributed by atoms with van der Waals surface area (Å²) in [6, 6.07) is 8.80. The van der Waals surface area contributed by atoms with Gasteiger partial charge in [0.25, 0.3) is 0 Å². The largest absolute Gasteiger partial charge is 0.507 e. The zero-order valence-corrected chi connectivity index (χ0v) is 9.69. The van der Waals surface area contributed by atoms with Gasteiger partial charge in [0.05, 0.1) is 5.56 Å². The molecule has 2 aromatic rings. The van der Waals surface area contributed by atoms with Crippen molar-refractivity contribution >= 4 is 32.7 Å². The molecule has 0 fully saturated rings. The average molecular weight is 279 g/mol. The summed E-state index contributed by atoms with van der Waals surface area (Å²) in [6.07, 6.45) is 0. The summed E-state index contributed by atoms with van der Waals surface area (Å²) < 4.78 is 5.06. The van der Waals surface area contributed by atoms with Gasteiger partial charge in [-0.2, -0.15) is 0 Å². The molecule has 3 nitrogen and oxygen atoms in total. The van der Waals surface area contributed by atoms with Crippen molar-refractivity contribution in [1.29, 1.82) is 0 Å². The minimum absolute atomic E-state index is 0.164. The Balaban J connectivity index is 2.49. The lowest BCUT2D eigenvalue weighted by molar-refractivity contribution is 0.0531. The summed E-state index contributed by atoms with van der Waals surface area (Å²) in [6.45, 7) is 0. The molecule has 16 heavy (non-hydrogen) atoms. The van der Waals surface area contributed by atoms with Crippen LogP contribution in [0.4, 0.5) is 0 Å². The predicted molar refractivity (Wildman–Crippen MR) is 62.7 cm³/mol. The molecule has 0 aliphatic carbocycles. The summed E-state index contributed by atoms with van der Waals surface area (Å²) >= 11 is 3.24. The third-order valence-electron chi connectivity index (χ3n) is 2.71. The third-order valence-corrected chi connectivity index (χ3v) is 3.39. The first-order chi connectivity index (χ1) is 7.68. The number of aromatic hydroxyl groups is 1. The van der Waals surface area contributed by atoms with E-state index in [2.05, 4.69) is 15.9 Å². The molecule has 1 unspecified atom stereocenters. The Morgan fingerprint density at radius 3 is 2.69 bits per heavy atom. The van der Waals surface area contributed by atoms with Crippen LogP contribution >= 0.6 is 15.9 Å². The van der Waals surface area contributed by atoms with Gasteiger partial charge in [0.2, 0.25) is 0 Å². The maximum absolute atomic E-state index is 11.7. The van der Waals surface area contributed by atoms with Crippen molar-refractivity contribution in [1.82, 2.24) is 0 Å². The van der Waals surface area contributed by atoms with Gasteiger partial charge in [-0.3, -0.25) is 0 Å². The highest BCUT2D eigenvalue weighted by Crippen LogP contribution is 2.42. The molecule has 2 aromatic carbocycles. The van der Waals surface area contributed by atoms with Crippen LogP contribution in [0, 0.1) is 0 Å². The molecule has 1 aliphatic rings. The van der Waals surface area contributed by atoms with Crippen molar-refractivity contribution in [2.24, 2.45) is 0 Å². The number of hydrogen-bond acceptors (Lipinski definition) is 3. The number of carbonyl (C=O) groups excluding carboxylic acids is 1. The fourth-order valence-electron chi connectivity index (χ4n) is 2.00. The normalized spacial score (nSPS) is 18.6. The summed E-state index contributed by atoms with van der Waals surface area (Å²) in [7, 11) is 0. The zero-order chi connectivity index (χ0) is 11.3. The molecular formula is C12H7BrO3. The van der Waals surface area contributed by atoms with Crippen LogP contribution in [0.15, 0.2) is 30.3 Å². The van der Waals surface area contributed by atoms with Gasteiger partial charge in [0.15, 0.2) is 5.01 Å². The van der Waals surface area contributed by atoms with E-state index in [4.69, 9.17) is 4.74 Å². The lowest BCUT2D eigenvalue weighted by Gasteiger charge is -2.05. The van der Waals surface area contributed by atoms with Gasteiger partial charge in [-0.25, -0.2) is 4.79 Å². The quantitative estimate of drug-likeness (QED) is 0.595. The molecule has 0 bridgehead atoms. The summed E-state index contributed by atoms with van der Waals surface area (Å²) in [5.41, 5.74) is 1.22. The standard InChI is InChI=1S/C12H7BrO3/c13-11-8-5-9(14)6-3-1-2-4-7(6)10(8)12(15)16-11/h1-5,11,14H. The van der Waals surface area contributed by atoms with E-state index in [0.717, 1.165) is 5.39 Å². The number of halogens is 1. The first-order valence-corrected chi connectivity index (χ1v) is 5.69. The van der Waals surface area contributed by atoms with E-state index in [1.807, 2.05) is 12.1 Å². The first-order valence-electron chi connectivity index (χ1n) is 4.78. The number of esters is 1. The number of alkyl halides is 1. The number of benzene rings is 2. The van der Waals surface area contributed by atoms with E-state index in [1.54, 1.807) is 18.2 Å². The van der Waals surface area contributed by atoms with Crippen molar-refractivity contribution in [2.45, 2.75) is 5.01 Å². The van der Waals surface area contributed by atoms with Crippen LogP contribution in [0.1, 0.15) is 20.9 Å². The molecule has 0 aromatic heterocycles. The summed E-state index contributed by atoms with van der Waals surface area (Å²) in [5.74, 6) is -0.190. The van der Waals surface area contributed by atoms with Crippen LogP contribution in [-0.2, 0) is 4.74 Å². The van der Waals surface area contributed by atoms with E-state index < -0.39 is 5.01 Å². The fourth-order valence-corrected chi connectivity index (χ4v) is 2.53. The van der Waals surface area contributed by atoms with Crippen LogP contribution in [-0.4, -0.2) is 11.1 Å². The van der Waals surface area contributed by atoms with Gasteiger partial charge in [-0.15, -0.1) is 0 Å². The molecule has 0 radical (unpaired) electrons. The molecular weight excluding hydrogens is 272 g/mol. The van der Waals surface area contributed by atoms with Crippen molar-refractivity contribution in [3.8, 4) is 5.75 Å². The van der Waals surface area contributed by atoms with Gasteiger partial charge >= 0.3 is 5.97 Å².